The Bertz CT molecular complexity index is 610. The van der Waals surface area contributed by atoms with Gasteiger partial charge in [0.25, 0.3) is 0 Å². The minimum Gasteiger partial charge on any atom is -0.497 e. The van der Waals surface area contributed by atoms with Gasteiger partial charge in [-0.15, -0.1) is 0 Å². The molecule has 2 amide bonds. The van der Waals surface area contributed by atoms with Crippen LogP contribution in [-0.2, 0) is 14.3 Å². The van der Waals surface area contributed by atoms with Crippen molar-refractivity contribution in [3.05, 3.63) is 35.9 Å². The number of rotatable bonds is 5. The number of likely N-dealkylation sites (tertiary alicyclic amines) is 1. The molecule has 0 bridgehead atoms. The molecule has 2 rings (SSSR count). The summed E-state index contributed by atoms with van der Waals surface area (Å²) in [5.41, 5.74) is 7.12. The van der Waals surface area contributed by atoms with Gasteiger partial charge in [-0.05, 0) is 30.2 Å². The monoisotopic (exact) mass is 318 g/mol. The predicted molar refractivity (Wildman–Crippen MR) is 86.8 cm³/mol. The quantitative estimate of drug-likeness (QED) is 0.827. The van der Waals surface area contributed by atoms with E-state index in [9.17, 15) is 9.59 Å². The van der Waals surface area contributed by atoms with Gasteiger partial charge in [-0.1, -0.05) is 12.1 Å². The first-order chi connectivity index (χ1) is 11.0. The fraction of sp³-hybridized carbons (Fsp3) is 0.412. The Balaban J connectivity index is 2.16. The van der Waals surface area contributed by atoms with Crippen molar-refractivity contribution >= 4 is 17.4 Å². The van der Waals surface area contributed by atoms with E-state index < -0.39 is 11.9 Å². The number of ether oxygens (including phenoxy) is 2. The first-order valence-electron chi connectivity index (χ1n) is 7.41. The highest BCUT2D eigenvalue weighted by molar-refractivity contribution is 5.98. The van der Waals surface area contributed by atoms with Crippen LogP contribution in [0.15, 0.2) is 30.3 Å². The third kappa shape index (κ3) is 3.90. The highest BCUT2D eigenvalue weighted by Crippen LogP contribution is 2.23. The molecule has 0 aromatic heterocycles. The average molecular weight is 318 g/mol. The van der Waals surface area contributed by atoms with E-state index in [2.05, 4.69) is 0 Å². The van der Waals surface area contributed by atoms with Crippen LogP contribution in [0.5, 0.6) is 5.75 Å². The first-order valence-corrected chi connectivity index (χ1v) is 7.41. The summed E-state index contributed by atoms with van der Waals surface area (Å²) in [5, 5.41) is 0. The van der Waals surface area contributed by atoms with E-state index in [1.54, 1.807) is 14.2 Å². The van der Waals surface area contributed by atoms with Crippen LogP contribution in [0.25, 0.3) is 5.57 Å². The summed E-state index contributed by atoms with van der Waals surface area (Å²) in [6.45, 7) is 2.22. The number of primary amides is 1. The van der Waals surface area contributed by atoms with E-state index in [0.29, 0.717) is 13.0 Å². The number of benzene rings is 1. The van der Waals surface area contributed by atoms with Crippen molar-refractivity contribution < 1.29 is 19.1 Å². The Morgan fingerprint density at radius 3 is 2.43 bits per heavy atom. The van der Waals surface area contributed by atoms with Gasteiger partial charge in [-0.25, -0.2) is 0 Å². The third-order valence-corrected chi connectivity index (χ3v) is 4.09. The molecule has 2 atom stereocenters. The van der Waals surface area contributed by atoms with Gasteiger partial charge < -0.3 is 20.1 Å². The zero-order valence-electron chi connectivity index (χ0n) is 13.6. The van der Waals surface area contributed by atoms with E-state index in [-0.39, 0.29) is 12.0 Å². The maximum absolute atomic E-state index is 12.5. The molecular formula is C17H22N2O4. The molecule has 1 aromatic rings. The number of carbonyl (C=O) groups is 2. The first kappa shape index (κ1) is 17.0. The molecule has 2 N–H and O–H groups in total. The molecule has 0 spiro atoms. The van der Waals surface area contributed by atoms with Crippen molar-refractivity contribution in [1.29, 1.82) is 0 Å². The number of allylic oxidation sites excluding steroid dienone is 1. The Labute approximate surface area is 135 Å². The zero-order chi connectivity index (χ0) is 17.0. The lowest BCUT2D eigenvalue weighted by Gasteiger charge is -2.20. The largest absolute Gasteiger partial charge is 0.497 e. The Kier molecular flexibility index (Phi) is 5.39. The fourth-order valence-corrected chi connectivity index (χ4v) is 2.69. The summed E-state index contributed by atoms with van der Waals surface area (Å²) in [7, 11) is 3.17. The molecule has 23 heavy (non-hydrogen) atoms. The number of hydrogen-bond donors (Lipinski definition) is 1. The number of carbonyl (C=O) groups excluding carboxylic acids is 2. The van der Waals surface area contributed by atoms with Gasteiger partial charge in [0.15, 0.2) is 0 Å². The smallest absolute Gasteiger partial charge is 0.247 e. The summed E-state index contributed by atoms with van der Waals surface area (Å²) < 4.78 is 10.4. The molecule has 1 fully saturated rings. The van der Waals surface area contributed by atoms with Crippen LogP contribution in [0.3, 0.4) is 0 Å². The van der Waals surface area contributed by atoms with E-state index in [0.717, 1.165) is 16.9 Å². The predicted octanol–water partition coefficient (Wildman–Crippen LogP) is 1.20. The Morgan fingerprint density at radius 1 is 1.26 bits per heavy atom. The molecule has 1 saturated heterocycles. The van der Waals surface area contributed by atoms with Crippen molar-refractivity contribution in [2.45, 2.75) is 25.5 Å². The van der Waals surface area contributed by atoms with Crippen molar-refractivity contribution in [2.75, 3.05) is 20.8 Å². The molecular weight excluding hydrogens is 296 g/mol. The minimum atomic E-state index is -0.618. The Morgan fingerprint density at radius 2 is 1.91 bits per heavy atom. The molecule has 1 aromatic carbocycles. The minimum absolute atomic E-state index is 0.161. The molecule has 0 unspecified atom stereocenters. The molecule has 1 aliphatic heterocycles. The highest BCUT2D eigenvalue weighted by Gasteiger charge is 2.37. The van der Waals surface area contributed by atoms with Crippen LogP contribution in [0.4, 0.5) is 0 Å². The van der Waals surface area contributed by atoms with Crippen molar-refractivity contribution in [1.82, 2.24) is 4.90 Å². The number of nitrogens with two attached hydrogens (primary N) is 1. The average Bonchev–Trinajstić information content (AvgIpc) is 2.99. The Hall–Kier alpha value is -2.34. The van der Waals surface area contributed by atoms with Gasteiger partial charge in [-0.3, -0.25) is 9.59 Å². The third-order valence-electron chi connectivity index (χ3n) is 4.09. The molecule has 0 aliphatic carbocycles. The van der Waals surface area contributed by atoms with Crippen LogP contribution in [0, 0.1) is 0 Å². The van der Waals surface area contributed by atoms with Gasteiger partial charge in [0, 0.05) is 26.2 Å². The van der Waals surface area contributed by atoms with E-state index in [4.69, 9.17) is 15.2 Å². The van der Waals surface area contributed by atoms with Crippen molar-refractivity contribution in [3.63, 3.8) is 0 Å². The normalized spacial score (nSPS) is 21.3. The molecule has 1 aliphatic rings. The second-order valence-electron chi connectivity index (χ2n) is 5.56. The van der Waals surface area contributed by atoms with Gasteiger partial charge >= 0.3 is 0 Å². The standard InChI is InChI=1S/C17H22N2O4/c1-11(12-4-6-13(22-2)7-5-12)8-16(20)19-10-14(23-3)9-15(19)17(18)21/h4-8,14-15H,9-10H2,1-3H3,(H2,18,21)/b11-8+/t14-,15-/m0/s1. The van der Waals surface area contributed by atoms with E-state index in [1.165, 1.54) is 11.0 Å². The summed E-state index contributed by atoms with van der Waals surface area (Å²) >= 11 is 0. The van der Waals surface area contributed by atoms with Crippen molar-refractivity contribution in [3.8, 4) is 5.75 Å². The highest BCUT2D eigenvalue weighted by atomic mass is 16.5. The van der Waals surface area contributed by atoms with Crippen LogP contribution < -0.4 is 10.5 Å². The maximum atomic E-state index is 12.5. The fourth-order valence-electron chi connectivity index (χ4n) is 2.69. The lowest BCUT2D eigenvalue weighted by molar-refractivity contribution is -0.133. The second-order valence-corrected chi connectivity index (χ2v) is 5.56. The van der Waals surface area contributed by atoms with Crippen LogP contribution in [-0.4, -0.2) is 49.6 Å². The molecule has 0 saturated carbocycles. The van der Waals surface area contributed by atoms with Crippen LogP contribution >= 0.6 is 0 Å². The van der Waals surface area contributed by atoms with Gasteiger partial charge in [0.1, 0.15) is 11.8 Å². The van der Waals surface area contributed by atoms with Gasteiger partial charge in [0.2, 0.25) is 11.8 Å². The SMILES string of the molecule is COc1ccc(/C(C)=C/C(=O)N2C[C@@H](OC)C[C@H]2C(N)=O)cc1. The van der Waals surface area contributed by atoms with Gasteiger partial charge in [-0.2, -0.15) is 0 Å². The summed E-state index contributed by atoms with van der Waals surface area (Å²) in [6, 6.07) is 6.81. The lowest BCUT2D eigenvalue weighted by Crippen LogP contribution is -2.43. The second kappa shape index (κ2) is 7.28. The van der Waals surface area contributed by atoms with E-state index in [1.807, 2.05) is 31.2 Å². The molecule has 0 radical (unpaired) electrons. The molecule has 1 heterocycles. The maximum Gasteiger partial charge on any atom is 0.247 e. The number of nitrogens with zero attached hydrogens (tertiary/aromatic N) is 1. The number of amides is 2. The summed E-state index contributed by atoms with van der Waals surface area (Å²) in [6.07, 6.45) is 1.80. The van der Waals surface area contributed by atoms with Gasteiger partial charge in [0.05, 0.1) is 13.2 Å². The molecule has 6 nitrogen and oxygen atoms in total. The van der Waals surface area contributed by atoms with Crippen LogP contribution in [0.2, 0.25) is 0 Å². The molecule has 6 heteroatoms. The topological polar surface area (TPSA) is 81.9 Å². The summed E-state index contributed by atoms with van der Waals surface area (Å²) in [5.74, 6) is 0.0132. The van der Waals surface area contributed by atoms with E-state index >= 15 is 0 Å². The summed E-state index contributed by atoms with van der Waals surface area (Å²) in [4.78, 5) is 25.5. The van der Waals surface area contributed by atoms with Crippen LogP contribution in [0.1, 0.15) is 18.9 Å². The number of methoxy groups -OCH3 is 2. The number of hydrogen-bond acceptors (Lipinski definition) is 4. The van der Waals surface area contributed by atoms with Crippen molar-refractivity contribution in [2.24, 2.45) is 5.73 Å². The lowest BCUT2D eigenvalue weighted by atomic mass is 10.1. The molecule has 124 valence electrons. The zero-order valence-corrected chi connectivity index (χ0v) is 13.6.